The Kier molecular flexibility index (Phi) is 6.18. The molecule has 0 radical (unpaired) electrons. The highest BCUT2D eigenvalue weighted by atomic mass is 19.1. The second-order valence-corrected chi connectivity index (χ2v) is 6.15. The van der Waals surface area contributed by atoms with Crippen molar-refractivity contribution in [2.24, 2.45) is 0 Å². The highest BCUT2D eigenvalue weighted by molar-refractivity contribution is 5.93. The zero-order valence-electron chi connectivity index (χ0n) is 14.6. The SMILES string of the molecule is C#Cc1c(F)ccc2cc(OC(=O)NCCCC(=O)O)cc(C(C)C)c12. The van der Waals surface area contributed by atoms with Gasteiger partial charge in [-0.05, 0) is 41.5 Å². The minimum atomic E-state index is -0.923. The molecule has 136 valence electrons. The van der Waals surface area contributed by atoms with Gasteiger partial charge in [0.2, 0.25) is 0 Å². The van der Waals surface area contributed by atoms with Crippen LogP contribution in [0.4, 0.5) is 9.18 Å². The van der Waals surface area contributed by atoms with Gasteiger partial charge < -0.3 is 15.2 Å². The topological polar surface area (TPSA) is 75.6 Å². The number of benzene rings is 2. The fourth-order valence-corrected chi connectivity index (χ4v) is 2.67. The van der Waals surface area contributed by atoms with Crippen molar-refractivity contribution in [1.82, 2.24) is 5.32 Å². The lowest BCUT2D eigenvalue weighted by Gasteiger charge is -2.15. The maximum Gasteiger partial charge on any atom is 0.412 e. The molecule has 0 aliphatic carbocycles. The number of ether oxygens (including phenoxy) is 1. The predicted molar refractivity (Wildman–Crippen MR) is 96.8 cm³/mol. The lowest BCUT2D eigenvalue weighted by atomic mass is 9.92. The zero-order valence-corrected chi connectivity index (χ0v) is 14.6. The summed E-state index contributed by atoms with van der Waals surface area (Å²) in [6, 6.07) is 6.18. The van der Waals surface area contributed by atoms with E-state index in [1.165, 1.54) is 6.07 Å². The van der Waals surface area contributed by atoms with Gasteiger partial charge in [-0.2, -0.15) is 0 Å². The molecule has 0 aliphatic heterocycles. The molecule has 5 nitrogen and oxygen atoms in total. The number of hydrogen-bond acceptors (Lipinski definition) is 3. The third kappa shape index (κ3) is 4.51. The molecule has 2 aromatic rings. The first-order valence-corrected chi connectivity index (χ1v) is 8.23. The van der Waals surface area contributed by atoms with Crippen molar-refractivity contribution < 1.29 is 23.8 Å². The van der Waals surface area contributed by atoms with Crippen molar-refractivity contribution in [2.75, 3.05) is 6.54 Å². The zero-order chi connectivity index (χ0) is 19.3. The molecule has 0 unspecified atom stereocenters. The summed E-state index contributed by atoms with van der Waals surface area (Å²) < 4.78 is 19.3. The largest absolute Gasteiger partial charge is 0.481 e. The molecule has 26 heavy (non-hydrogen) atoms. The second-order valence-electron chi connectivity index (χ2n) is 6.15. The molecule has 0 saturated carbocycles. The molecule has 0 heterocycles. The van der Waals surface area contributed by atoms with E-state index in [4.69, 9.17) is 16.3 Å². The maximum atomic E-state index is 14.0. The van der Waals surface area contributed by atoms with Crippen LogP contribution in [0.2, 0.25) is 0 Å². The van der Waals surface area contributed by atoms with Gasteiger partial charge in [-0.1, -0.05) is 25.8 Å². The van der Waals surface area contributed by atoms with E-state index in [0.717, 1.165) is 5.56 Å². The molecule has 0 aromatic heterocycles. The van der Waals surface area contributed by atoms with Crippen LogP contribution in [0.3, 0.4) is 0 Å². The number of fused-ring (bicyclic) bond motifs is 1. The van der Waals surface area contributed by atoms with Gasteiger partial charge in [-0.3, -0.25) is 4.79 Å². The lowest BCUT2D eigenvalue weighted by molar-refractivity contribution is -0.137. The molecule has 0 saturated heterocycles. The summed E-state index contributed by atoms with van der Waals surface area (Å²) in [6.45, 7) is 4.08. The number of carbonyl (C=O) groups is 2. The average molecular weight is 357 g/mol. The predicted octanol–water partition coefficient (Wildman–Crippen LogP) is 4.04. The number of carbonyl (C=O) groups excluding carboxylic acids is 1. The van der Waals surface area contributed by atoms with Crippen LogP contribution in [0.5, 0.6) is 5.75 Å². The number of hydrogen-bond donors (Lipinski definition) is 2. The Hall–Kier alpha value is -3.07. The quantitative estimate of drug-likeness (QED) is 0.604. The van der Waals surface area contributed by atoms with Gasteiger partial charge >= 0.3 is 12.1 Å². The summed E-state index contributed by atoms with van der Waals surface area (Å²) in [5, 5.41) is 12.4. The number of carboxylic acids is 1. The van der Waals surface area contributed by atoms with Crippen molar-refractivity contribution >= 4 is 22.8 Å². The van der Waals surface area contributed by atoms with Gasteiger partial charge in [0.05, 0.1) is 5.56 Å². The molecule has 2 N–H and O–H groups in total. The second kappa shape index (κ2) is 8.34. The molecule has 0 spiro atoms. The molecule has 2 aromatic carbocycles. The normalized spacial score (nSPS) is 10.6. The molecule has 1 amide bonds. The molecular weight excluding hydrogens is 337 g/mol. The smallest absolute Gasteiger partial charge is 0.412 e. The number of amides is 1. The summed E-state index contributed by atoms with van der Waals surface area (Å²) in [5.74, 6) is 1.35. The molecule has 0 bridgehead atoms. The van der Waals surface area contributed by atoms with E-state index >= 15 is 0 Å². The summed E-state index contributed by atoms with van der Waals surface area (Å²) >= 11 is 0. The molecule has 2 rings (SSSR count). The monoisotopic (exact) mass is 357 g/mol. The number of rotatable bonds is 6. The Morgan fingerprint density at radius 1 is 1.35 bits per heavy atom. The first kappa shape index (κ1) is 19.3. The minimum absolute atomic E-state index is 0.0335. The summed E-state index contributed by atoms with van der Waals surface area (Å²) in [4.78, 5) is 22.3. The van der Waals surface area contributed by atoms with Crippen molar-refractivity contribution in [3.8, 4) is 18.1 Å². The van der Waals surface area contributed by atoms with Crippen LogP contribution >= 0.6 is 0 Å². The lowest BCUT2D eigenvalue weighted by Crippen LogP contribution is -2.28. The van der Waals surface area contributed by atoms with Crippen LogP contribution in [0.1, 0.15) is 43.7 Å². The van der Waals surface area contributed by atoms with Gasteiger partial charge in [0.25, 0.3) is 0 Å². The van der Waals surface area contributed by atoms with E-state index in [9.17, 15) is 14.0 Å². The molecular formula is C20H20FNO4. The van der Waals surface area contributed by atoms with Crippen molar-refractivity contribution in [3.05, 3.63) is 41.2 Å². The van der Waals surface area contributed by atoms with E-state index in [1.54, 1.807) is 18.2 Å². The number of terminal acetylenes is 1. The minimum Gasteiger partial charge on any atom is -0.481 e. The summed E-state index contributed by atoms with van der Waals surface area (Å²) in [7, 11) is 0. The number of aliphatic carboxylic acids is 1. The number of nitrogens with one attached hydrogen (secondary N) is 1. The Morgan fingerprint density at radius 2 is 2.08 bits per heavy atom. The van der Waals surface area contributed by atoms with Gasteiger partial charge in [0.15, 0.2) is 0 Å². The summed E-state index contributed by atoms with van der Waals surface area (Å²) in [5.41, 5.74) is 0.972. The van der Waals surface area contributed by atoms with Gasteiger partial charge in [-0.15, -0.1) is 6.42 Å². The number of halogens is 1. The summed E-state index contributed by atoms with van der Waals surface area (Å²) in [6.07, 6.45) is 5.07. The highest BCUT2D eigenvalue weighted by Gasteiger charge is 2.15. The molecule has 0 aliphatic rings. The van der Waals surface area contributed by atoms with Crippen LogP contribution in [0.15, 0.2) is 24.3 Å². The van der Waals surface area contributed by atoms with E-state index in [1.807, 2.05) is 13.8 Å². The first-order chi connectivity index (χ1) is 12.3. The fraction of sp³-hybridized carbons (Fsp3) is 0.300. The third-order valence-electron chi connectivity index (χ3n) is 3.88. The molecule has 0 fully saturated rings. The first-order valence-electron chi connectivity index (χ1n) is 8.23. The highest BCUT2D eigenvalue weighted by Crippen LogP contribution is 2.33. The van der Waals surface area contributed by atoms with Crippen LogP contribution in [-0.4, -0.2) is 23.7 Å². The third-order valence-corrected chi connectivity index (χ3v) is 3.88. The van der Waals surface area contributed by atoms with Crippen LogP contribution in [-0.2, 0) is 4.79 Å². The average Bonchev–Trinajstić information content (AvgIpc) is 2.58. The van der Waals surface area contributed by atoms with E-state index < -0.39 is 17.9 Å². The van der Waals surface area contributed by atoms with E-state index in [2.05, 4.69) is 11.2 Å². The van der Waals surface area contributed by atoms with E-state index in [0.29, 0.717) is 22.9 Å². The fourth-order valence-electron chi connectivity index (χ4n) is 2.67. The van der Waals surface area contributed by atoms with E-state index in [-0.39, 0.29) is 24.4 Å². The van der Waals surface area contributed by atoms with Crippen LogP contribution in [0, 0.1) is 18.2 Å². The standard InChI is InChI=1S/C20H20FNO4/c1-4-15-17(21)8-7-13-10-14(11-16(12(2)3)19(13)15)26-20(25)22-9-5-6-18(23)24/h1,7-8,10-12H,5-6,9H2,2-3H3,(H,22,25)(H,23,24). The number of carboxylic acid groups (broad SMARTS) is 1. The Morgan fingerprint density at radius 3 is 2.69 bits per heavy atom. The van der Waals surface area contributed by atoms with Gasteiger partial charge in [0.1, 0.15) is 11.6 Å². The Bertz CT molecular complexity index is 883. The van der Waals surface area contributed by atoms with Crippen molar-refractivity contribution in [3.63, 3.8) is 0 Å². The van der Waals surface area contributed by atoms with Gasteiger partial charge in [-0.25, -0.2) is 9.18 Å². The van der Waals surface area contributed by atoms with Gasteiger partial charge in [0, 0.05) is 18.4 Å². The Labute approximate surface area is 151 Å². The van der Waals surface area contributed by atoms with Crippen LogP contribution in [0.25, 0.3) is 10.8 Å². The maximum absolute atomic E-state index is 14.0. The Balaban J connectivity index is 2.27. The van der Waals surface area contributed by atoms with Crippen molar-refractivity contribution in [1.29, 1.82) is 0 Å². The molecule has 6 heteroatoms. The van der Waals surface area contributed by atoms with Crippen molar-refractivity contribution in [2.45, 2.75) is 32.6 Å². The van der Waals surface area contributed by atoms with Crippen LogP contribution < -0.4 is 10.1 Å². The molecule has 0 atom stereocenters.